The molecule has 0 radical (unpaired) electrons. The fourth-order valence-corrected chi connectivity index (χ4v) is 2.61. The number of halogens is 1. The number of amidine groups is 1. The summed E-state index contributed by atoms with van der Waals surface area (Å²) in [6.45, 7) is 7.86. The average molecular weight is 280 g/mol. The van der Waals surface area contributed by atoms with Gasteiger partial charge in [0.25, 0.3) is 0 Å². The normalized spacial score (nSPS) is 23.6. The molecule has 1 fully saturated rings. The van der Waals surface area contributed by atoms with Crippen LogP contribution in [0.2, 0.25) is 0 Å². The van der Waals surface area contributed by atoms with E-state index in [4.69, 9.17) is 20.6 Å². The standard InChI is InChI=1S/C15H21FN2O2/c1-14(2)8-12(15(3,4)20-14)19-11-6-5-9(13(17)18)7-10(11)16/h5-7,12H,8H2,1-4H3,(H3,17,18). The van der Waals surface area contributed by atoms with Crippen LogP contribution in [-0.2, 0) is 4.74 Å². The van der Waals surface area contributed by atoms with Gasteiger partial charge in [-0.2, -0.15) is 0 Å². The zero-order valence-electron chi connectivity index (χ0n) is 12.3. The minimum Gasteiger partial charge on any atom is -0.484 e. The zero-order chi connectivity index (χ0) is 15.1. The minimum atomic E-state index is -0.516. The van der Waals surface area contributed by atoms with E-state index in [9.17, 15) is 4.39 Å². The molecule has 2 rings (SSSR count). The SMILES string of the molecule is CC1(C)CC(Oc2ccc(C(=N)N)cc2F)C(C)(C)O1. The predicted molar refractivity (Wildman–Crippen MR) is 75.7 cm³/mol. The van der Waals surface area contributed by atoms with E-state index in [2.05, 4.69) is 0 Å². The molecule has 0 amide bonds. The van der Waals surface area contributed by atoms with E-state index < -0.39 is 11.4 Å². The Morgan fingerprint density at radius 2 is 2.05 bits per heavy atom. The summed E-state index contributed by atoms with van der Waals surface area (Å²) in [5.41, 5.74) is 4.91. The topological polar surface area (TPSA) is 68.3 Å². The van der Waals surface area contributed by atoms with Crippen molar-refractivity contribution in [1.29, 1.82) is 5.41 Å². The van der Waals surface area contributed by atoms with Gasteiger partial charge < -0.3 is 15.2 Å². The van der Waals surface area contributed by atoms with E-state index in [-0.39, 0.29) is 23.3 Å². The minimum absolute atomic E-state index is 0.161. The highest BCUT2D eigenvalue weighted by atomic mass is 19.1. The molecule has 1 heterocycles. The van der Waals surface area contributed by atoms with Gasteiger partial charge in [0.15, 0.2) is 11.6 Å². The van der Waals surface area contributed by atoms with E-state index in [1.165, 1.54) is 12.1 Å². The van der Waals surface area contributed by atoms with Crippen LogP contribution in [0.1, 0.15) is 39.7 Å². The quantitative estimate of drug-likeness (QED) is 0.661. The van der Waals surface area contributed by atoms with E-state index in [0.717, 1.165) is 0 Å². The van der Waals surface area contributed by atoms with E-state index in [1.807, 2.05) is 27.7 Å². The molecule has 1 unspecified atom stereocenters. The number of nitrogens with two attached hydrogens (primary N) is 1. The van der Waals surface area contributed by atoms with Crippen LogP contribution in [0.15, 0.2) is 18.2 Å². The molecule has 0 bridgehead atoms. The molecule has 1 aliphatic rings. The van der Waals surface area contributed by atoms with Gasteiger partial charge in [0.05, 0.1) is 5.60 Å². The summed E-state index contributed by atoms with van der Waals surface area (Å²) in [4.78, 5) is 0. The van der Waals surface area contributed by atoms with Crippen molar-refractivity contribution in [3.8, 4) is 5.75 Å². The first-order valence-electron chi connectivity index (χ1n) is 6.61. The smallest absolute Gasteiger partial charge is 0.165 e. The van der Waals surface area contributed by atoms with Crippen LogP contribution < -0.4 is 10.5 Å². The summed E-state index contributed by atoms with van der Waals surface area (Å²) in [7, 11) is 0. The Bertz CT molecular complexity index is 541. The molecule has 0 spiro atoms. The second-order valence-corrected chi connectivity index (χ2v) is 6.33. The molecule has 5 heteroatoms. The molecule has 1 saturated heterocycles. The number of hydrogen-bond acceptors (Lipinski definition) is 3. The van der Waals surface area contributed by atoms with Crippen LogP contribution in [0, 0.1) is 11.2 Å². The lowest BCUT2D eigenvalue weighted by atomic mass is 9.97. The molecule has 1 aromatic rings. The highest BCUT2D eigenvalue weighted by Gasteiger charge is 2.47. The highest BCUT2D eigenvalue weighted by molar-refractivity contribution is 5.95. The average Bonchev–Trinajstić information content (AvgIpc) is 2.49. The molecule has 0 saturated carbocycles. The fraction of sp³-hybridized carbons (Fsp3) is 0.533. The fourth-order valence-electron chi connectivity index (χ4n) is 2.61. The first-order valence-corrected chi connectivity index (χ1v) is 6.61. The second kappa shape index (κ2) is 4.74. The number of hydrogen-bond donors (Lipinski definition) is 2. The van der Waals surface area contributed by atoms with E-state index in [0.29, 0.717) is 12.0 Å². The van der Waals surface area contributed by atoms with Crippen molar-refractivity contribution in [2.24, 2.45) is 5.73 Å². The Kier molecular flexibility index (Phi) is 3.50. The third-order valence-corrected chi connectivity index (χ3v) is 3.50. The lowest BCUT2D eigenvalue weighted by Gasteiger charge is -2.27. The van der Waals surface area contributed by atoms with Crippen LogP contribution in [0.25, 0.3) is 0 Å². The van der Waals surface area contributed by atoms with Gasteiger partial charge in [0.2, 0.25) is 0 Å². The van der Waals surface area contributed by atoms with Crippen molar-refractivity contribution >= 4 is 5.84 Å². The largest absolute Gasteiger partial charge is 0.484 e. The van der Waals surface area contributed by atoms with E-state index >= 15 is 0 Å². The van der Waals surface area contributed by atoms with Crippen LogP contribution in [0.3, 0.4) is 0 Å². The third-order valence-electron chi connectivity index (χ3n) is 3.50. The molecule has 1 aliphatic heterocycles. The number of ether oxygens (including phenoxy) is 2. The van der Waals surface area contributed by atoms with Crippen LogP contribution >= 0.6 is 0 Å². The molecule has 1 aromatic carbocycles. The molecule has 0 aliphatic carbocycles. The Morgan fingerprint density at radius 1 is 1.40 bits per heavy atom. The molecule has 4 nitrogen and oxygen atoms in total. The molecule has 1 atom stereocenters. The van der Waals surface area contributed by atoms with Gasteiger partial charge in [-0.05, 0) is 45.9 Å². The number of nitrogen functional groups attached to an aromatic ring is 1. The van der Waals surface area contributed by atoms with Gasteiger partial charge in [-0.3, -0.25) is 5.41 Å². The third kappa shape index (κ3) is 2.93. The Balaban J connectivity index is 2.21. The molecule has 110 valence electrons. The maximum atomic E-state index is 14.0. The molecular weight excluding hydrogens is 259 g/mol. The van der Waals surface area contributed by atoms with Crippen molar-refractivity contribution in [3.05, 3.63) is 29.6 Å². The zero-order valence-corrected chi connectivity index (χ0v) is 12.3. The second-order valence-electron chi connectivity index (χ2n) is 6.33. The van der Waals surface area contributed by atoms with E-state index in [1.54, 1.807) is 6.07 Å². The van der Waals surface area contributed by atoms with Crippen LogP contribution in [-0.4, -0.2) is 23.1 Å². The molecule has 20 heavy (non-hydrogen) atoms. The summed E-state index contributed by atoms with van der Waals surface area (Å²) in [5.74, 6) is -0.520. The van der Waals surface area contributed by atoms with Crippen molar-refractivity contribution in [3.63, 3.8) is 0 Å². The first kappa shape index (κ1) is 14.8. The van der Waals surface area contributed by atoms with Gasteiger partial charge in [-0.25, -0.2) is 4.39 Å². The van der Waals surface area contributed by atoms with Gasteiger partial charge >= 0.3 is 0 Å². The molecule has 3 N–H and O–H groups in total. The molecule has 0 aromatic heterocycles. The number of rotatable bonds is 3. The summed E-state index contributed by atoms with van der Waals surface area (Å²) >= 11 is 0. The summed E-state index contributed by atoms with van der Waals surface area (Å²) in [5, 5.41) is 7.29. The monoisotopic (exact) mass is 280 g/mol. The Labute approximate surface area is 118 Å². The Morgan fingerprint density at radius 3 is 2.50 bits per heavy atom. The predicted octanol–water partition coefficient (Wildman–Crippen LogP) is 2.83. The van der Waals surface area contributed by atoms with Crippen molar-refractivity contribution in [2.45, 2.75) is 51.4 Å². The molecular formula is C15H21FN2O2. The van der Waals surface area contributed by atoms with Crippen molar-refractivity contribution in [1.82, 2.24) is 0 Å². The van der Waals surface area contributed by atoms with Gasteiger partial charge in [-0.1, -0.05) is 0 Å². The first-order chi connectivity index (χ1) is 9.11. The Hall–Kier alpha value is -1.62. The maximum absolute atomic E-state index is 14.0. The maximum Gasteiger partial charge on any atom is 0.165 e. The van der Waals surface area contributed by atoms with Gasteiger partial charge in [0, 0.05) is 12.0 Å². The summed E-state index contributed by atoms with van der Waals surface area (Å²) in [6.07, 6.45) is 0.462. The number of benzene rings is 1. The summed E-state index contributed by atoms with van der Waals surface area (Å²) < 4.78 is 25.7. The lowest BCUT2D eigenvalue weighted by molar-refractivity contribution is -0.0849. The lowest BCUT2D eigenvalue weighted by Crippen LogP contribution is -2.36. The van der Waals surface area contributed by atoms with Crippen molar-refractivity contribution in [2.75, 3.05) is 0 Å². The van der Waals surface area contributed by atoms with Crippen molar-refractivity contribution < 1.29 is 13.9 Å². The van der Waals surface area contributed by atoms with Crippen LogP contribution in [0.5, 0.6) is 5.75 Å². The number of nitrogens with one attached hydrogen (secondary N) is 1. The van der Waals surface area contributed by atoms with Gasteiger partial charge in [0.1, 0.15) is 17.5 Å². The summed E-state index contributed by atoms with van der Waals surface area (Å²) in [6, 6.07) is 4.30. The van der Waals surface area contributed by atoms with Gasteiger partial charge in [-0.15, -0.1) is 0 Å². The van der Waals surface area contributed by atoms with Crippen LogP contribution in [0.4, 0.5) is 4.39 Å². The highest BCUT2D eigenvalue weighted by Crippen LogP contribution is 2.39.